The minimum absolute atomic E-state index is 0.0398. The van der Waals surface area contributed by atoms with E-state index < -0.39 is 0 Å². The molecule has 0 radical (unpaired) electrons. The number of rotatable bonds is 4. The van der Waals surface area contributed by atoms with Gasteiger partial charge in [0.2, 0.25) is 5.91 Å². The van der Waals surface area contributed by atoms with Gasteiger partial charge in [-0.25, -0.2) is 0 Å². The van der Waals surface area contributed by atoms with Crippen molar-refractivity contribution >= 4 is 5.91 Å². The van der Waals surface area contributed by atoms with Gasteiger partial charge in [-0.05, 0) is 32.9 Å². The maximum absolute atomic E-state index is 11.6. The van der Waals surface area contributed by atoms with Crippen LogP contribution in [0.5, 0.6) is 0 Å². The molecule has 0 aromatic heterocycles. The lowest BCUT2D eigenvalue weighted by molar-refractivity contribution is -0.131. The molecular formula is C11H23N3O. The Kier molecular flexibility index (Phi) is 4.54. The van der Waals surface area contributed by atoms with Crippen LogP contribution in [0.15, 0.2) is 0 Å². The number of nitrogens with zero attached hydrogens (tertiary/aromatic N) is 2. The third-order valence-electron chi connectivity index (χ3n) is 3.16. The lowest BCUT2D eigenvalue weighted by Crippen LogP contribution is -2.46. The van der Waals surface area contributed by atoms with Crippen LogP contribution in [-0.2, 0) is 4.79 Å². The van der Waals surface area contributed by atoms with Crippen molar-refractivity contribution in [1.82, 2.24) is 9.80 Å². The van der Waals surface area contributed by atoms with E-state index in [0.29, 0.717) is 6.04 Å². The van der Waals surface area contributed by atoms with E-state index in [4.69, 9.17) is 5.73 Å². The van der Waals surface area contributed by atoms with Gasteiger partial charge in [0.25, 0.3) is 0 Å². The van der Waals surface area contributed by atoms with Crippen molar-refractivity contribution in [3.8, 4) is 0 Å². The van der Waals surface area contributed by atoms with Crippen molar-refractivity contribution in [3.63, 3.8) is 0 Å². The van der Waals surface area contributed by atoms with Crippen molar-refractivity contribution in [2.24, 2.45) is 5.73 Å². The Morgan fingerprint density at radius 2 is 2.33 bits per heavy atom. The van der Waals surface area contributed by atoms with E-state index in [1.165, 1.54) is 19.4 Å². The number of likely N-dealkylation sites (tertiary alicyclic amines) is 1. The first kappa shape index (κ1) is 12.5. The molecule has 0 saturated carbocycles. The first-order valence-electron chi connectivity index (χ1n) is 5.80. The maximum atomic E-state index is 11.6. The Balaban J connectivity index is 2.43. The van der Waals surface area contributed by atoms with Gasteiger partial charge in [0.1, 0.15) is 0 Å². The normalized spacial score (nSPS) is 24.1. The Morgan fingerprint density at radius 1 is 1.67 bits per heavy atom. The van der Waals surface area contributed by atoms with Crippen molar-refractivity contribution < 1.29 is 4.79 Å². The van der Waals surface area contributed by atoms with Gasteiger partial charge in [-0.1, -0.05) is 6.92 Å². The van der Waals surface area contributed by atoms with Crippen LogP contribution in [0.2, 0.25) is 0 Å². The topological polar surface area (TPSA) is 49.6 Å². The Bertz CT molecular complexity index is 218. The van der Waals surface area contributed by atoms with Crippen molar-refractivity contribution in [1.29, 1.82) is 0 Å². The maximum Gasteiger partial charge on any atom is 0.238 e. The second kappa shape index (κ2) is 5.47. The van der Waals surface area contributed by atoms with Crippen LogP contribution >= 0.6 is 0 Å². The highest BCUT2D eigenvalue weighted by molar-refractivity contribution is 5.80. The lowest BCUT2D eigenvalue weighted by Gasteiger charge is -2.28. The van der Waals surface area contributed by atoms with Gasteiger partial charge in [-0.15, -0.1) is 0 Å². The minimum atomic E-state index is -0.383. The minimum Gasteiger partial charge on any atom is -0.343 e. The Hall–Kier alpha value is -0.610. The second-order valence-electron chi connectivity index (χ2n) is 4.43. The number of amides is 1. The molecule has 0 spiro atoms. The molecule has 0 aromatic rings. The molecule has 1 amide bonds. The summed E-state index contributed by atoms with van der Waals surface area (Å²) in [4.78, 5) is 15.8. The molecule has 15 heavy (non-hydrogen) atoms. The quantitative estimate of drug-likeness (QED) is 0.729. The van der Waals surface area contributed by atoms with E-state index in [-0.39, 0.29) is 11.9 Å². The summed E-state index contributed by atoms with van der Waals surface area (Å²) in [6.07, 6.45) is 2.45. The molecule has 0 aliphatic carbocycles. The number of carbonyl (C=O) groups is 1. The van der Waals surface area contributed by atoms with E-state index in [2.05, 4.69) is 11.8 Å². The zero-order chi connectivity index (χ0) is 11.4. The molecule has 1 rings (SSSR count). The van der Waals surface area contributed by atoms with Gasteiger partial charge in [0.05, 0.1) is 6.04 Å². The molecule has 2 atom stereocenters. The monoisotopic (exact) mass is 213 g/mol. The highest BCUT2D eigenvalue weighted by Crippen LogP contribution is 2.17. The lowest BCUT2D eigenvalue weighted by atomic mass is 10.2. The van der Waals surface area contributed by atoms with Crippen molar-refractivity contribution in [2.75, 3.05) is 26.7 Å². The number of likely N-dealkylation sites (N-methyl/N-ethyl adjacent to an activating group) is 2. The molecule has 4 heteroatoms. The summed E-state index contributed by atoms with van der Waals surface area (Å²) in [6, 6.07) is 0.147. The van der Waals surface area contributed by atoms with Crippen molar-refractivity contribution in [3.05, 3.63) is 0 Å². The van der Waals surface area contributed by atoms with Crippen molar-refractivity contribution in [2.45, 2.75) is 38.8 Å². The van der Waals surface area contributed by atoms with Crippen LogP contribution in [0, 0.1) is 0 Å². The molecule has 4 nitrogen and oxygen atoms in total. The first-order valence-corrected chi connectivity index (χ1v) is 5.80. The van der Waals surface area contributed by atoms with Crippen LogP contribution in [-0.4, -0.2) is 54.5 Å². The summed E-state index contributed by atoms with van der Waals surface area (Å²) in [5.41, 5.74) is 5.57. The standard InChI is InChI=1S/C11H23N3O/c1-4-14-7-5-6-10(14)8-13(3)11(15)9(2)12/h9-10H,4-8,12H2,1-3H3. The zero-order valence-corrected chi connectivity index (χ0v) is 10.1. The fraction of sp³-hybridized carbons (Fsp3) is 0.909. The molecule has 88 valence electrons. The molecule has 1 aliphatic rings. The summed E-state index contributed by atoms with van der Waals surface area (Å²) >= 11 is 0. The van der Waals surface area contributed by atoms with E-state index in [9.17, 15) is 4.79 Å². The summed E-state index contributed by atoms with van der Waals surface area (Å²) in [7, 11) is 1.85. The molecule has 0 bridgehead atoms. The fourth-order valence-corrected chi connectivity index (χ4v) is 2.27. The molecule has 2 N–H and O–H groups in total. The molecule has 1 fully saturated rings. The summed E-state index contributed by atoms with van der Waals surface area (Å²) < 4.78 is 0. The molecule has 1 saturated heterocycles. The Labute approximate surface area is 92.4 Å². The number of carbonyl (C=O) groups excluding carboxylic acids is 1. The van der Waals surface area contributed by atoms with Gasteiger partial charge in [-0.2, -0.15) is 0 Å². The Morgan fingerprint density at radius 3 is 2.87 bits per heavy atom. The van der Waals surface area contributed by atoms with Gasteiger partial charge < -0.3 is 10.6 Å². The number of hydrogen-bond donors (Lipinski definition) is 1. The van der Waals surface area contributed by atoms with Crippen LogP contribution in [0.4, 0.5) is 0 Å². The van der Waals surface area contributed by atoms with Gasteiger partial charge in [0.15, 0.2) is 0 Å². The molecule has 0 aromatic carbocycles. The van der Waals surface area contributed by atoms with E-state index in [1.54, 1.807) is 11.8 Å². The summed E-state index contributed by atoms with van der Waals surface area (Å²) in [6.45, 7) is 6.97. The van der Waals surface area contributed by atoms with Gasteiger partial charge in [0, 0.05) is 19.6 Å². The number of nitrogens with two attached hydrogens (primary N) is 1. The van der Waals surface area contributed by atoms with Crippen LogP contribution in [0.25, 0.3) is 0 Å². The molecule has 2 unspecified atom stereocenters. The van der Waals surface area contributed by atoms with E-state index in [0.717, 1.165) is 13.1 Å². The van der Waals surface area contributed by atoms with Crippen LogP contribution in [0.3, 0.4) is 0 Å². The predicted molar refractivity (Wildman–Crippen MR) is 61.6 cm³/mol. The molecule has 1 heterocycles. The van der Waals surface area contributed by atoms with E-state index >= 15 is 0 Å². The van der Waals surface area contributed by atoms with Gasteiger partial charge in [-0.3, -0.25) is 9.69 Å². The summed E-state index contributed by atoms with van der Waals surface area (Å²) in [5.74, 6) is 0.0398. The SMILES string of the molecule is CCN1CCCC1CN(C)C(=O)C(C)N. The van der Waals surface area contributed by atoms with Crippen LogP contribution < -0.4 is 5.73 Å². The van der Waals surface area contributed by atoms with E-state index in [1.807, 2.05) is 7.05 Å². The third-order valence-corrected chi connectivity index (χ3v) is 3.16. The highest BCUT2D eigenvalue weighted by Gasteiger charge is 2.26. The highest BCUT2D eigenvalue weighted by atomic mass is 16.2. The smallest absolute Gasteiger partial charge is 0.238 e. The average molecular weight is 213 g/mol. The molecule has 1 aliphatic heterocycles. The second-order valence-corrected chi connectivity index (χ2v) is 4.43. The summed E-state index contributed by atoms with van der Waals surface area (Å²) in [5, 5.41) is 0. The molecular weight excluding hydrogens is 190 g/mol. The fourth-order valence-electron chi connectivity index (χ4n) is 2.27. The zero-order valence-electron chi connectivity index (χ0n) is 10.1. The predicted octanol–water partition coefficient (Wildman–Crippen LogP) is 0.276. The first-order chi connectivity index (χ1) is 7.06. The largest absolute Gasteiger partial charge is 0.343 e. The average Bonchev–Trinajstić information content (AvgIpc) is 2.63. The number of hydrogen-bond acceptors (Lipinski definition) is 3. The van der Waals surface area contributed by atoms with Gasteiger partial charge >= 0.3 is 0 Å². The van der Waals surface area contributed by atoms with Crippen LogP contribution in [0.1, 0.15) is 26.7 Å². The third kappa shape index (κ3) is 3.18.